The third kappa shape index (κ3) is 1.72. The summed E-state index contributed by atoms with van der Waals surface area (Å²) < 4.78 is 5.35. The van der Waals surface area contributed by atoms with Crippen LogP contribution in [-0.4, -0.2) is 15.1 Å². The fraction of sp³-hybridized carbons (Fsp3) is 0.500. The largest absolute Gasteiger partial charge is 0.397 e. The van der Waals surface area contributed by atoms with E-state index in [0.29, 0.717) is 23.2 Å². The molecule has 19 heavy (non-hydrogen) atoms. The number of hydrogen-bond acceptors (Lipinski definition) is 5. The molecule has 2 aromatic rings. The number of rotatable bonds is 2. The van der Waals surface area contributed by atoms with E-state index in [2.05, 4.69) is 15.1 Å². The van der Waals surface area contributed by atoms with Gasteiger partial charge in [-0.25, -0.2) is 4.98 Å². The Kier molecular flexibility index (Phi) is 2.33. The van der Waals surface area contributed by atoms with E-state index in [1.54, 1.807) is 18.3 Å². The average Bonchev–Trinajstić information content (AvgIpc) is 3.15. The molecule has 0 aromatic carbocycles. The number of fused-ring (bicyclic) bond motifs is 2. The molecule has 0 amide bonds. The first kappa shape index (κ1) is 11.0. The minimum Gasteiger partial charge on any atom is -0.397 e. The zero-order chi connectivity index (χ0) is 12.8. The van der Waals surface area contributed by atoms with E-state index in [4.69, 9.17) is 10.3 Å². The maximum Gasteiger partial charge on any atom is 0.278 e. The molecule has 3 atom stereocenters. The van der Waals surface area contributed by atoms with Crippen molar-refractivity contribution < 1.29 is 4.52 Å². The smallest absolute Gasteiger partial charge is 0.278 e. The number of nitrogens with zero attached hydrogens (tertiary/aromatic N) is 3. The molecule has 5 heteroatoms. The highest BCUT2D eigenvalue weighted by Crippen LogP contribution is 2.52. The van der Waals surface area contributed by atoms with E-state index in [9.17, 15) is 0 Å². The Balaban J connectivity index is 1.65. The monoisotopic (exact) mass is 256 g/mol. The molecular weight excluding hydrogens is 240 g/mol. The van der Waals surface area contributed by atoms with E-state index >= 15 is 0 Å². The Hall–Kier alpha value is -1.91. The molecule has 0 aliphatic heterocycles. The molecule has 5 nitrogen and oxygen atoms in total. The summed E-state index contributed by atoms with van der Waals surface area (Å²) in [6.07, 6.45) is 6.92. The first-order chi connectivity index (χ1) is 9.31. The number of aromatic nitrogens is 3. The summed E-state index contributed by atoms with van der Waals surface area (Å²) in [5.41, 5.74) is 7.05. The average molecular weight is 256 g/mol. The van der Waals surface area contributed by atoms with E-state index in [0.717, 1.165) is 17.7 Å². The highest BCUT2D eigenvalue weighted by molar-refractivity contribution is 5.65. The third-order valence-electron chi connectivity index (χ3n) is 4.55. The van der Waals surface area contributed by atoms with Gasteiger partial charge in [-0.2, -0.15) is 4.98 Å². The second-order valence-corrected chi connectivity index (χ2v) is 5.68. The first-order valence-corrected chi connectivity index (χ1v) is 6.85. The van der Waals surface area contributed by atoms with E-state index in [1.807, 2.05) is 0 Å². The maximum absolute atomic E-state index is 5.89. The Morgan fingerprint density at radius 2 is 2.21 bits per heavy atom. The summed E-state index contributed by atoms with van der Waals surface area (Å²) in [6, 6.07) is 3.59. The lowest BCUT2D eigenvalue weighted by molar-refractivity contribution is 0.372. The molecule has 98 valence electrons. The Labute approximate surface area is 111 Å². The predicted octanol–water partition coefficient (Wildman–Crippen LogP) is 2.62. The fourth-order valence-electron chi connectivity index (χ4n) is 3.64. The molecule has 2 fully saturated rings. The normalized spacial score (nSPS) is 28.9. The minimum absolute atomic E-state index is 0.441. The maximum atomic E-state index is 5.89. The molecule has 0 spiro atoms. The first-order valence-electron chi connectivity index (χ1n) is 6.85. The zero-order valence-corrected chi connectivity index (χ0v) is 10.6. The summed E-state index contributed by atoms with van der Waals surface area (Å²) in [7, 11) is 0. The zero-order valence-electron chi connectivity index (χ0n) is 10.6. The van der Waals surface area contributed by atoms with Crippen molar-refractivity contribution in [3.05, 3.63) is 24.2 Å². The quantitative estimate of drug-likeness (QED) is 0.893. The molecule has 2 aliphatic carbocycles. The van der Waals surface area contributed by atoms with Crippen LogP contribution in [0.1, 0.15) is 37.4 Å². The molecule has 2 aromatic heterocycles. The summed E-state index contributed by atoms with van der Waals surface area (Å²) in [5.74, 6) is 3.37. The molecule has 4 rings (SSSR count). The van der Waals surface area contributed by atoms with Crippen molar-refractivity contribution in [3.63, 3.8) is 0 Å². The van der Waals surface area contributed by atoms with Gasteiger partial charge in [0.25, 0.3) is 5.89 Å². The van der Waals surface area contributed by atoms with Crippen LogP contribution in [0.4, 0.5) is 5.69 Å². The van der Waals surface area contributed by atoms with Crippen LogP contribution in [0.15, 0.2) is 22.9 Å². The van der Waals surface area contributed by atoms with Gasteiger partial charge >= 0.3 is 0 Å². The summed E-state index contributed by atoms with van der Waals surface area (Å²) in [6.45, 7) is 0. The van der Waals surface area contributed by atoms with Gasteiger partial charge in [0.2, 0.25) is 0 Å². The lowest BCUT2D eigenvalue weighted by atomic mass is 9.88. The van der Waals surface area contributed by atoms with Crippen molar-refractivity contribution in [2.24, 2.45) is 11.8 Å². The minimum atomic E-state index is 0.441. The van der Waals surface area contributed by atoms with Crippen LogP contribution in [0, 0.1) is 11.8 Å². The van der Waals surface area contributed by atoms with Crippen LogP contribution in [0.3, 0.4) is 0 Å². The lowest BCUT2D eigenvalue weighted by Crippen LogP contribution is -2.10. The van der Waals surface area contributed by atoms with Gasteiger partial charge in [-0.05, 0) is 43.2 Å². The Morgan fingerprint density at radius 3 is 2.95 bits per heavy atom. The van der Waals surface area contributed by atoms with Crippen molar-refractivity contribution >= 4 is 5.69 Å². The Morgan fingerprint density at radius 1 is 1.26 bits per heavy atom. The number of nitrogen functional groups attached to an aromatic ring is 1. The third-order valence-corrected chi connectivity index (χ3v) is 4.55. The van der Waals surface area contributed by atoms with Gasteiger partial charge in [-0.3, -0.25) is 0 Å². The molecule has 2 saturated carbocycles. The van der Waals surface area contributed by atoms with Crippen LogP contribution in [0.2, 0.25) is 0 Å². The van der Waals surface area contributed by atoms with Gasteiger partial charge in [0, 0.05) is 12.1 Å². The number of anilines is 1. The highest BCUT2D eigenvalue weighted by atomic mass is 16.5. The predicted molar refractivity (Wildman–Crippen MR) is 70.1 cm³/mol. The van der Waals surface area contributed by atoms with Crippen molar-refractivity contribution in [1.82, 2.24) is 15.1 Å². The number of hydrogen-bond donors (Lipinski definition) is 1. The topological polar surface area (TPSA) is 77.8 Å². The van der Waals surface area contributed by atoms with E-state index < -0.39 is 0 Å². The number of nitrogens with two attached hydrogens (primary N) is 1. The van der Waals surface area contributed by atoms with E-state index in [-0.39, 0.29) is 0 Å². The van der Waals surface area contributed by atoms with Crippen LogP contribution >= 0.6 is 0 Å². The van der Waals surface area contributed by atoms with Gasteiger partial charge in [-0.15, -0.1) is 0 Å². The molecule has 3 unspecified atom stereocenters. The summed E-state index contributed by atoms with van der Waals surface area (Å²) in [5, 5.41) is 4.15. The standard InChI is InChI=1S/C14H16N4O/c15-11-2-1-5-16-12(11)14-17-13(18-19-14)10-7-8-3-4-9(10)6-8/h1-2,5,8-10H,3-4,6-7,15H2. The van der Waals surface area contributed by atoms with Gasteiger partial charge in [0.15, 0.2) is 11.5 Å². The van der Waals surface area contributed by atoms with Gasteiger partial charge in [0.1, 0.15) is 0 Å². The molecule has 0 saturated heterocycles. The van der Waals surface area contributed by atoms with Crippen molar-refractivity contribution in [2.75, 3.05) is 5.73 Å². The number of pyridine rings is 1. The lowest BCUT2D eigenvalue weighted by Gasteiger charge is -2.17. The second kappa shape index (κ2) is 4.05. The van der Waals surface area contributed by atoms with Crippen molar-refractivity contribution in [2.45, 2.75) is 31.6 Å². The van der Waals surface area contributed by atoms with Gasteiger partial charge in [0.05, 0.1) is 5.69 Å². The van der Waals surface area contributed by atoms with Gasteiger partial charge in [-0.1, -0.05) is 11.6 Å². The highest BCUT2D eigenvalue weighted by Gasteiger charge is 2.42. The van der Waals surface area contributed by atoms with Crippen LogP contribution < -0.4 is 5.73 Å². The van der Waals surface area contributed by atoms with Crippen LogP contribution in [-0.2, 0) is 0 Å². The van der Waals surface area contributed by atoms with Crippen LogP contribution in [0.25, 0.3) is 11.6 Å². The Bertz CT molecular complexity index is 609. The van der Waals surface area contributed by atoms with Crippen LogP contribution in [0.5, 0.6) is 0 Å². The van der Waals surface area contributed by atoms with E-state index in [1.165, 1.54) is 25.7 Å². The fourth-order valence-corrected chi connectivity index (χ4v) is 3.64. The SMILES string of the molecule is Nc1cccnc1-c1nc(C2CC3CCC2C3)no1. The molecular formula is C14H16N4O. The van der Waals surface area contributed by atoms with Crippen molar-refractivity contribution in [1.29, 1.82) is 0 Å². The summed E-state index contributed by atoms with van der Waals surface area (Å²) in [4.78, 5) is 8.74. The molecule has 0 radical (unpaired) electrons. The van der Waals surface area contributed by atoms with Gasteiger partial charge < -0.3 is 10.3 Å². The molecule has 2 heterocycles. The second-order valence-electron chi connectivity index (χ2n) is 5.68. The molecule has 2 aliphatic rings. The molecule has 2 N–H and O–H groups in total. The van der Waals surface area contributed by atoms with Crippen molar-refractivity contribution in [3.8, 4) is 11.6 Å². The summed E-state index contributed by atoms with van der Waals surface area (Å²) >= 11 is 0. The molecule has 2 bridgehead atoms.